The van der Waals surface area contributed by atoms with Crippen LogP contribution in [0.1, 0.15) is 38.9 Å². The fourth-order valence-corrected chi connectivity index (χ4v) is 4.14. The molecule has 0 fully saturated rings. The second-order valence-corrected chi connectivity index (χ2v) is 7.26. The number of aryl methyl sites for hydroxylation is 1. The number of ether oxygens (including phenoxy) is 1. The van der Waals surface area contributed by atoms with E-state index in [0.717, 1.165) is 28.5 Å². The molecule has 0 saturated heterocycles. The number of fused-ring (bicyclic) bond motifs is 1. The van der Waals surface area contributed by atoms with Crippen molar-refractivity contribution >= 4 is 50.6 Å². The van der Waals surface area contributed by atoms with Crippen molar-refractivity contribution in [3.8, 4) is 0 Å². The Bertz CT molecular complexity index is 980. The molecule has 3 aromatic rings. The van der Waals surface area contributed by atoms with E-state index < -0.39 is 5.97 Å². The number of thiophene rings is 1. The monoisotopic (exact) mass is 387 g/mol. The van der Waals surface area contributed by atoms with Crippen LogP contribution in [0.2, 0.25) is 5.02 Å². The summed E-state index contributed by atoms with van der Waals surface area (Å²) in [6.07, 6.45) is 1.77. The van der Waals surface area contributed by atoms with Crippen molar-refractivity contribution < 1.29 is 14.3 Å². The normalized spacial score (nSPS) is 10.7. The van der Waals surface area contributed by atoms with Crippen LogP contribution >= 0.6 is 22.9 Å². The van der Waals surface area contributed by atoms with Gasteiger partial charge in [-0.3, -0.25) is 4.79 Å². The highest BCUT2D eigenvalue weighted by molar-refractivity contribution is 7.21. The average Bonchev–Trinajstić information content (AvgIpc) is 3.02. The summed E-state index contributed by atoms with van der Waals surface area (Å²) in [4.78, 5) is 25.3. The highest BCUT2D eigenvalue weighted by atomic mass is 35.5. The Morgan fingerprint density at radius 2 is 1.96 bits per heavy atom. The van der Waals surface area contributed by atoms with Crippen molar-refractivity contribution in [2.75, 3.05) is 12.4 Å². The molecule has 6 heteroatoms. The third-order valence-electron chi connectivity index (χ3n) is 4.04. The van der Waals surface area contributed by atoms with Crippen molar-refractivity contribution in [3.63, 3.8) is 0 Å². The lowest BCUT2D eigenvalue weighted by Crippen LogP contribution is -2.13. The summed E-state index contributed by atoms with van der Waals surface area (Å²) in [5, 5.41) is 4.31. The van der Waals surface area contributed by atoms with Gasteiger partial charge in [-0.1, -0.05) is 43.1 Å². The largest absolute Gasteiger partial charge is 0.465 e. The number of hydrogen-bond acceptors (Lipinski definition) is 4. The maximum absolute atomic E-state index is 12.9. The minimum absolute atomic E-state index is 0.224. The minimum Gasteiger partial charge on any atom is -0.465 e. The van der Waals surface area contributed by atoms with Gasteiger partial charge in [0.15, 0.2) is 0 Å². The molecule has 2 aromatic carbocycles. The summed E-state index contributed by atoms with van der Waals surface area (Å²) >= 11 is 7.66. The summed E-state index contributed by atoms with van der Waals surface area (Å²) in [5.74, 6) is -0.704. The van der Waals surface area contributed by atoms with E-state index >= 15 is 0 Å². The van der Waals surface area contributed by atoms with Gasteiger partial charge in [0.25, 0.3) is 5.91 Å². The van der Waals surface area contributed by atoms with Crippen molar-refractivity contribution in [2.24, 2.45) is 0 Å². The number of benzene rings is 2. The third kappa shape index (κ3) is 3.59. The van der Waals surface area contributed by atoms with Gasteiger partial charge < -0.3 is 10.1 Å². The highest BCUT2D eigenvalue weighted by Gasteiger charge is 2.19. The number of nitrogens with one attached hydrogen (secondary N) is 1. The summed E-state index contributed by atoms with van der Waals surface area (Å²) < 4.78 is 5.80. The van der Waals surface area contributed by atoms with Gasteiger partial charge in [-0.05, 0) is 41.6 Å². The van der Waals surface area contributed by atoms with Gasteiger partial charge in [0.05, 0.1) is 28.3 Å². The molecule has 0 aliphatic rings. The molecule has 26 heavy (non-hydrogen) atoms. The fourth-order valence-electron chi connectivity index (χ4n) is 2.83. The molecule has 0 unspecified atom stereocenters. The van der Waals surface area contributed by atoms with Gasteiger partial charge in [0.2, 0.25) is 0 Å². The lowest BCUT2D eigenvalue weighted by Gasteiger charge is -2.09. The van der Waals surface area contributed by atoms with E-state index in [-0.39, 0.29) is 5.91 Å². The van der Waals surface area contributed by atoms with Gasteiger partial charge in [-0.25, -0.2) is 4.79 Å². The molecule has 3 rings (SSSR count). The van der Waals surface area contributed by atoms with Crippen molar-refractivity contribution in [1.82, 2.24) is 0 Å². The smallest absolute Gasteiger partial charge is 0.337 e. The number of rotatable bonds is 5. The van der Waals surface area contributed by atoms with E-state index in [1.807, 2.05) is 24.3 Å². The molecular weight excluding hydrogens is 370 g/mol. The molecule has 1 amide bonds. The standard InChI is InChI=1S/C20H18ClNO3S/c1-3-6-14-13-7-4-5-8-17(13)26-18(14)19(23)22-16-11-12(20(24)25-2)9-10-15(16)21/h4-5,7-11H,3,6H2,1-2H3,(H,22,23). The molecule has 1 N–H and O–H groups in total. The van der Waals surface area contributed by atoms with Gasteiger partial charge in [0.1, 0.15) is 0 Å². The molecule has 1 heterocycles. The first-order chi connectivity index (χ1) is 12.5. The predicted octanol–water partition coefficient (Wildman–Crippen LogP) is 5.55. The molecule has 0 aliphatic carbocycles. The SMILES string of the molecule is CCCc1c(C(=O)Nc2cc(C(=O)OC)ccc2Cl)sc2ccccc12. The van der Waals surface area contributed by atoms with Crippen molar-refractivity contribution in [2.45, 2.75) is 19.8 Å². The molecule has 4 nitrogen and oxygen atoms in total. The van der Waals surface area contributed by atoms with Crippen LogP contribution in [0.5, 0.6) is 0 Å². The van der Waals surface area contributed by atoms with Crippen LogP contribution in [-0.4, -0.2) is 19.0 Å². The first-order valence-corrected chi connectivity index (χ1v) is 9.44. The number of amides is 1. The first-order valence-electron chi connectivity index (χ1n) is 8.24. The number of carbonyl (C=O) groups is 2. The lowest BCUT2D eigenvalue weighted by molar-refractivity contribution is 0.0600. The Kier molecular flexibility index (Phi) is 5.59. The first kappa shape index (κ1) is 18.4. The Balaban J connectivity index is 1.97. The van der Waals surface area contributed by atoms with Gasteiger partial charge in [-0.2, -0.15) is 0 Å². The Morgan fingerprint density at radius 1 is 1.19 bits per heavy atom. The lowest BCUT2D eigenvalue weighted by atomic mass is 10.1. The molecule has 1 aromatic heterocycles. The zero-order valence-corrected chi connectivity index (χ0v) is 16.0. The van der Waals surface area contributed by atoms with E-state index in [9.17, 15) is 9.59 Å². The van der Waals surface area contributed by atoms with Crippen LogP contribution in [0.15, 0.2) is 42.5 Å². The van der Waals surface area contributed by atoms with Gasteiger partial charge in [-0.15, -0.1) is 11.3 Å². The molecule has 134 valence electrons. The summed E-state index contributed by atoms with van der Waals surface area (Å²) in [6, 6.07) is 12.7. The summed E-state index contributed by atoms with van der Waals surface area (Å²) in [6.45, 7) is 2.09. The Hall–Kier alpha value is -2.37. The average molecular weight is 388 g/mol. The number of carbonyl (C=O) groups excluding carboxylic acids is 2. The van der Waals surface area contributed by atoms with E-state index in [1.54, 1.807) is 12.1 Å². The Morgan fingerprint density at radius 3 is 2.69 bits per heavy atom. The molecule has 0 spiro atoms. The van der Waals surface area contributed by atoms with Crippen molar-refractivity contribution in [3.05, 3.63) is 63.5 Å². The number of methoxy groups -OCH3 is 1. The fraction of sp³-hybridized carbons (Fsp3) is 0.200. The van der Waals surface area contributed by atoms with Crippen LogP contribution in [-0.2, 0) is 11.2 Å². The third-order valence-corrected chi connectivity index (χ3v) is 5.58. The number of esters is 1. The van der Waals surface area contributed by atoms with E-state index in [1.165, 1.54) is 24.5 Å². The van der Waals surface area contributed by atoms with Crippen LogP contribution in [0.3, 0.4) is 0 Å². The zero-order chi connectivity index (χ0) is 18.7. The topological polar surface area (TPSA) is 55.4 Å². The summed E-state index contributed by atoms with van der Waals surface area (Å²) in [7, 11) is 1.31. The van der Waals surface area contributed by atoms with Crippen molar-refractivity contribution in [1.29, 1.82) is 0 Å². The predicted molar refractivity (Wildman–Crippen MR) is 107 cm³/mol. The molecule has 0 saturated carbocycles. The zero-order valence-electron chi connectivity index (χ0n) is 14.5. The molecule has 0 bridgehead atoms. The maximum atomic E-state index is 12.9. The Labute approximate surface area is 160 Å². The van der Waals surface area contributed by atoms with Gasteiger partial charge >= 0.3 is 5.97 Å². The number of hydrogen-bond donors (Lipinski definition) is 1. The van der Waals surface area contributed by atoms with Crippen LogP contribution in [0.25, 0.3) is 10.1 Å². The van der Waals surface area contributed by atoms with Gasteiger partial charge in [0, 0.05) is 4.70 Å². The molecule has 0 radical (unpaired) electrons. The van der Waals surface area contributed by atoms with Crippen LogP contribution in [0.4, 0.5) is 5.69 Å². The quantitative estimate of drug-likeness (QED) is 0.584. The van der Waals surface area contributed by atoms with Crippen LogP contribution < -0.4 is 5.32 Å². The molecule has 0 atom stereocenters. The number of halogens is 1. The van der Waals surface area contributed by atoms with Crippen LogP contribution in [0, 0.1) is 0 Å². The summed E-state index contributed by atoms with van der Waals surface area (Å²) in [5.41, 5.74) is 1.77. The second kappa shape index (κ2) is 7.89. The molecular formula is C20H18ClNO3S. The van der Waals surface area contributed by atoms with E-state index in [0.29, 0.717) is 21.2 Å². The number of anilines is 1. The van der Waals surface area contributed by atoms with E-state index in [4.69, 9.17) is 16.3 Å². The molecule has 0 aliphatic heterocycles. The highest BCUT2D eigenvalue weighted by Crippen LogP contribution is 2.33. The minimum atomic E-state index is -0.481. The second-order valence-electron chi connectivity index (χ2n) is 5.80. The maximum Gasteiger partial charge on any atom is 0.337 e. The van der Waals surface area contributed by atoms with E-state index in [2.05, 4.69) is 12.2 Å².